The molecule has 0 saturated carbocycles. The van der Waals surface area contributed by atoms with Crippen LogP contribution >= 0.6 is 0 Å². The molecule has 0 spiro atoms. The standard InChI is InChI=1S/C26H23N7O5/c1-3-37-25(35)19-12-29-33(13-19)26-30-22-21(23(31-26)38-15-17-7-5-4-6-8-17)32(16-28-22)14-20-10-9-18(11-27-20)24(34)36-2/h4-13,16H,3,14-15H2,1-2H3. The van der Waals surface area contributed by atoms with Crippen LogP contribution in [0.5, 0.6) is 5.88 Å². The minimum absolute atomic E-state index is 0.182. The van der Waals surface area contributed by atoms with E-state index in [1.807, 2.05) is 34.9 Å². The van der Waals surface area contributed by atoms with Gasteiger partial charge in [-0.3, -0.25) is 4.98 Å². The largest absolute Gasteiger partial charge is 0.471 e. The second kappa shape index (κ2) is 10.9. The van der Waals surface area contributed by atoms with Crippen LogP contribution in [0.15, 0.2) is 67.4 Å². The van der Waals surface area contributed by atoms with E-state index in [0.29, 0.717) is 29.0 Å². The number of hydrogen-bond donors (Lipinski definition) is 0. The smallest absolute Gasteiger partial charge is 0.341 e. The molecular formula is C26H23N7O5. The number of hydrogen-bond acceptors (Lipinski definition) is 10. The topological polar surface area (TPSA) is 136 Å². The van der Waals surface area contributed by atoms with Crippen LogP contribution in [0.2, 0.25) is 0 Å². The van der Waals surface area contributed by atoms with E-state index in [0.717, 1.165) is 5.56 Å². The number of benzene rings is 1. The molecule has 1 aromatic carbocycles. The number of nitrogens with zero attached hydrogens (tertiary/aromatic N) is 7. The maximum atomic E-state index is 12.1. The van der Waals surface area contributed by atoms with Gasteiger partial charge in [0.2, 0.25) is 5.88 Å². The first-order valence-electron chi connectivity index (χ1n) is 11.7. The van der Waals surface area contributed by atoms with Gasteiger partial charge in [-0.05, 0) is 24.6 Å². The van der Waals surface area contributed by atoms with Gasteiger partial charge in [-0.15, -0.1) is 0 Å². The van der Waals surface area contributed by atoms with Crippen molar-refractivity contribution in [1.29, 1.82) is 0 Å². The molecule has 12 nitrogen and oxygen atoms in total. The summed E-state index contributed by atoms with van der Waals surface area (Å²) < 4.78 is 19.1. The zero-order valence-corrected chi connectivity index (χ0v) is 20.6. The van der Waals surface area contributed by atoms with Gasteiger partial charge >= 0.3 is 11.9 Å². The Balaban J connectivity index is 1.50. The molecule has 192 valence electrons. The van der Waals surface area contributed by atoms with Crippen molar-refractivity contribution < 1.29 is 23.8 Å². The quantitative estimate of drug-likeness (QED) is 0.271. The van der Waals surface area contributed by atoms with Gasteiger partial charge in [0.15, 0.2) is 11.2 Å². The molecular weight excluding hydrogens is 490 g/mol. The number of fused-ring (bicyclic) bond motifs is 1. The Morgan fingerprint density at radius 1 is 0.947 bits per heavy atom. The molecule has 38 heavy (non-hydrogen) atoms. The zero-order valence-electron chi connectivity index (χ0n) is 20.6. The first-order chi connectivity index (χ1) is 18.6. The second-order valence-corrected chi connectivity index (χ2v) is 8.07. The first kappa shape index (κ1) is 24.6. The number of imidazole rings is 1. The molecule has 0 bridgehead atoms. The number of aromatic nitrogens is 7. The molecule has 0 saturated heterocycles. The number of carbonyl (C=O) groups is 2. The van der Waals surface area contributed by atoms with Crippen LogP contribution in [0, 0.1) is 0 Å². The summed E-state index contributed by atoms with van der Waals surface area (Å²) in [6, 6.07) is 13.1. The zero-order chi connectivity index (χ0) is 26.5. The van der Waals surface area contributed by atoms with E-state index < -0.39 is 11.9 Å². The summed E-state index contributed by atoms with van der Waals surface area (Å²) in [5.41, 5.74) is 3.19. The second-order valence-electron chi connectivity index (χ2n) is 8.07. The Morgan fingerprint density at radius 2 is 1.79 bits per heavy atom. The molecule has 0 unspecified atom stereocenters. The van der Waals surface area contributed by atoms with Gasteiger partial charge < -0.3 is 18.8 Å². The third-order valence-corrected chi connectivity index (χ3v) is 5.52. The predicted octanol–water partition coefficient (Wildman–Crippen LogP) is 3.00. The lowest BCUT2D eigenvalue weighted by Crippen LogP contribution is -2.09. The Labute approximate surface area is 216 Å². The average molecular weight is 514 g/mol. The van der Waals surface area contributed by atoms with Gasteiger partial charge in [0.25, 0.3) is 5.95 Å². The van der Waals surface area contributed by atoms with Gasteiger partial charge in [0, 0.05) is 12.4 Å². The molecule has 0 radical (unpaired) electrons. The van der Waals surface area contributed by atoms with Crippen LogP contribution in [-0.2, 0) is 22.6 Å². The summed E-state index contributed by atoms with van der Waals surface area (Å²) in [5, 5.41) is 4.21. The van der Waals surface area contributed by atoms with E-state index in [4.69, 9.17) is 14.2 Å². The lowest BCUT2D eigenvalue weighted by molar-refractivity contribution is 0.0525. The SMILES string of the molecule is CCOC(=O)c1cnn(-c2nc(OCc3ccccc3)c3c(ncn3Cc3ccc(C(=O)OC)cn3)n2)c1. The van der Waals surface area contributed by atoms with Crippen LogP contribution < -0.4 is 4.74 Å². The molecule has 4 heterocycles. The molecule has 0 amide bonds. The van der Waals surface area contributed by atoms with Gasteiger partial charge in [-0.2, -0.15) is 15.1 Å². The molecule has 4 aromatic heterocycles. The van der Waals surface area contributed by atoms with Crippen molar-refractivity contribution in [2.75, 3.05) is 13.7 Å². The Morgan fingerprint density at radius 3 is 2.53 bits per heavy atom. The van der Waals surface area contributed by atoms with Crippen molar-refractivity contribution in [3.05, 3.63) is 89.8 Å². The van der Waals surface area contributed by atoms with E-state index in [2.05, 4.69) is 25.0 Å². The monoisotopic (exact) mass is 513 g/mol. The number of esters is 2. The summed E-state index contributed by atoms with van der Waals surface area (Å²) in [7, 11) is 1.32. The molecule has 0 aliphatic heterocycles. The van der Waals surface area contributed by atoms with Gasteiger partial charge in [0.05, 0.1) is 49.6 Å². The highest BCUT2D eigenvalue weighted by molar-refractivity contribution is 5.89. The van der Waals surface area contributed by atoms with E-state index in [1.54, 1.807) is 25.4 Å². The fraction of sp³-hybridized carbons (Fsp3) is 0.192. The lowest BCUT2D eigenvalue weighted by atomic mass is 10.2. The molecule has 0 fully saturated rings. The number of rotatable bonds is 9. The Hall–Kier alpha value is -5.13. The molecule has 0 aliphatic carbocycles. The van der Waals surface area contributed by atoms with Crippen molar-refractivity contribution in [1.82, 2.24) is 34.3 Å². The third kappa shape index (κ3) is 5.19. The Bertz CT molecular complexity index is 1580. The third-order valence-electron chi connectivity index (χ3n) is 5.52. The summed E-state index contributed by atoms with van der Waals surface area (Å²) in [4.78, 5) is 41.8. The van der Waals surface area contributed by atoms with Crippen molar-refractivity contribution >= 4 is 23.1 Å². The molecule has 0 atom stereocenters. The van der Waals surface area contributed by atoms with E-state index >= 15 is 0 Å². The summed E-state index contributed by atoms with van der Waals surface area (Å²) in [5.74, 6) is -0.484. The highest BCUT2D eigenvalue weighted by Crippen LogP contribution is 2.25. The van der Waals surface area contributed by atoms with Crippen molar-refractivity contribution in [2.24, 2.45) is 0 Å². The highest BCUT2D eigenvalue weighted by Gasteiger charge is 2.19. The van der Waals surface area contributed by atoms with Gasteiger partial charge in [-0.1, -0.05) is 30.3 Å². The maximum Gasteiger partial charge on any atom is 0.341 e. The van der Waals surface area contributed by atoms with E-state index in [9.17, 15) is 9.59 Å². The molecule has 0 N–H and O–H groups in total. The number of pyridine rings is 1. The van der Waals surface area contributed by atoms with Crippen LogP contribution in [0.1, 0.15) is 38.9 Å². The number of carbonyl (C=O) groups excluding carboxylic acids is 2. The van der Waals surface area contributed by atoms with Gasteiger partial charge in [0.1, 0.15) is 6.61 Å². The van der Waals surface area contributed by atoms with Crippen LogP contribution in [-0.4, -0.2) is 59.9 Å². The molecule has 5 aromatic rings. The van der Waals surface area contributed by atoms with Crippen molar-refractivity contribution in [2.45, 2.75) is 20.1 Å². The molecule has 5 rings (SSSR count). The van der Waals surface area contributed by atoms with Crippen LogP contribution in [0.4, 0.5) is 0 Å². The molecule has 0 aliphatic rings. The Kier molecular flexibility index (Phi) is 7.02. The van der Waals surface area contributed by atoms with Crippen molar-refractivity contribution in [3.8, 4) is 11.8 Å². The molecule has 12 heteroatoms. The minimum atomic E-state index is -0.490. The number of methoxy groups -OCH3 is 1. The minimum Gasteiger partial charge on any atom is -0.471 e. The lowest BCUT2D eigenvalue weighted by Gasteiger charge is -2.11. The van der Waals surface area contributed by atoms with E-state index in [1.165, 1.54) is 30.4 Å². The van der Waals surface area contributed by atoms with Gasteiger partial charge in [-0.25, -0.2) is 19.3 Å². The normalized spacial score (nSPS) is 10.9. The number of ether oxygens (including phenoxy) is 3. The average Bonchev–Trinajstić information content (AvgIpc) is 3.60. The highest BCUT2D eigenvalue weighted by atomic mass is 16.5. The van der Waals surface area contributed by atoms with Crippen LogP contribution in [0.3, 0.4) is 0 Å². The van der Waals surface area contributed by atoms with E-state index in [-0.39, 0.29) is 30.6 Å². The summed E-state index contributed by atoms with van der Waals surface area (Å²) >= 11 is 0. The summed E-state index contributed by atoms with van der Waals surface area (Å²) in [6.45, 7) is 2.57. The predicted molar refractivity (Wildman–Crippen MR) is 134 cm³/mol. The first-order valence-corrected chi connectivity index (χ1v) is 11.7. The summed E-state index contributed by atoms with van der Waals surface area (Å²) in [6.07, 6.45) is 5.95. The van der Waals surface area contributed by atoms with Crippen molar-refractivity contribution in [3.63, 3.8) is 0 Å². The fourth-order valence-electron chi connectivity index (χ4n) is 3.67. The maximum absolute atomic E-state index is 12.1. The van der Waals surface area contributed by atoms with Crippen LogP contribution in [0.25, 0.3) is 17.1 Å². The fourth-order valence-corrected chi connectivity index (χ4v) is 3.67.